The molecule has 0 unspecified atom stereocenters. The lowest BCUT2D eigenvalue weighted by molar-refractivity contribution is 0.0957. The van der Waals surface area contributed by atoms with Crippen molar-refractivity contribution < 1.29 is 9.18 Å². The van der Waals surface area contributed by atoms with Gasteiger partial charge in [0.2, 0.25) is 0 Å². The van der Waals surface area contributed by atoms with Crippen LogP contribution in [0.4, 0.5) is 4.39 Å². The van der Waals surface area contributed by atoms with Crippen LogP contribution in [-0.2, 0) is 6.42 Å². The molecule has 2 heterocycles. The molecule has 0 aliphatic carbocycles. The summed E-state index contributed by atoms with van der Waals surface area (Å²) >= 11 is 1.35. The number of carbonyl (C=O) groups excluding carboxylic acids is 1. The van der Waals surface area contributed by atoms with Crippen molar-refractivity contribution in [2.75, 3.05) is 6.54 Å². The standard InChI is InChI=1S/C17H16FN3OS/c1-12-15(23-17(20-12)21-9-2-3-10-21)16(22)19-8-7-13-5-4-6-14(18)11-13/h2-6,9-11H,7-8H2,1H3,(H,19,22). The second-order valence-corrected chi connectivity index (χ2v) is 6.11. The zero-order chi connectivity index (χ0) is 16.2. The number of aryl methyl sites for hydroxylation is 1. The van der Waals surface area contributed by atoms with E-state index < -0.39 is 0 Å². The summed E-state index contributed by atoms with van der Waals surface area (Å²) in [6.45, 7) is 2.28. The van der Waals surface area contributed by atoms with E-state index in [1.54, 1.807) is 6.07 Å². The van der Waals surface area contributed by atoms with Crippen molar-refractivity contribution >= 4 is 17.2 Å². The monoisotopic (exact) mass is 329 g/mol. The van der Waals surface area contributed by atoms with Crippen molar-refractivity contribution in [1.29, 1.82) is 0 Å². The molecule has 118 valence electrons. The van der Waals surface area contributed by atoms with Crippen LogP contribution in [-0.4, -0.2) is 22.0 Å². The largest absolute Gasteiger partial charge is 0.351 e. The molecule has 0 atom stereocenters. The molecule has 23 heavy (non-hydrogen) atoms. The third-order valence-electron chi connectivity index (χ3n) is 3.41. The summed E-state index contributed by atoms with van der Waals surface area (Å²) in [7, 11) is 0. The first-order chi connectivity index (χ1) is 11.1. The molecule has 4 nitrogen and oxygen atoms in total. The lowest BCUT2D eigenvalue weighted by Crippen LogP contribution is -2.25. The highest BCUT2D eigenvalue weighted by Gasteiger charge is 2.15. The molecule has 6 heteroatoms. The number of hydrogen-bond acceptors (Lipinski definition) is 3. The highest BCUT2D eigenvalue weighted by atomic mass is 32.1. The molecule has 0 aliphatic rings. The highest BCUT2D eigenvalue weighted by Crippen LogP contribution is 2.21. The average molecular weight is 329 g/mol. The Hall–Kier alpha value is -2.47. The second kappa shape index (κ2) is 6.75. The van der Waals surface area contributed by atoms with E-state index in [1.807, 2.05) is 42.1 Å². The van der Waals surface area contributed by atoms with Gasteiger partial charge in [-0.15, -0.1) is 0 Å². The van der Waals surface area contributed by atoms with Crippen molar-refractivity contribution in [3.05, 3.63) is 70.7 Å². The van der Waals surface area contributed by atoms with Gasteiger partial charge < -0.3 is 9.88 Å². The molecule has 3 aromatic rings. The molecule has 0 saturated carbocycles. The van der Waals surface area contributed by atoms with Gasteiger partial charge in [-0.25, -0.2) is 9.37 Å². The van der Waals surface area contributed by atoms with Crippen LogP contribution in [0, 0.1) is 12.7 Å². The fourth-order valence-electron chi connectivity index (χ4n) is 2.26. The summed E-state index contributed by atoms with van der Waals surface area (Å²) < 4.78 is 15.0. The Balaban J connectivity index is 1.62. The molecule has 0 bridgehead atoms. The molecule has 1 amide bonds. The topological polar surface area (TPSA) is 46.9 Å². The minimum atomic E-state index is -0.261. The maximum Gasteiger partial charge on any atom is 0.263 e. The van der Waals surface area contributed by atoms with Gasteiger partial charge in [-0.05, 0) is 43.2 Å². The van der Waals surface area contributed by atoms with Gasteiger partial charge >= 0.3 is 0 Å². The number of benzene rings is 1. The minimum absolute atomic E-state index is 0.144. The third kappa shape index (κ3) is 3.65. The van der Waals surface area contributed by atoms with E-state index in [4.69, 9.17) is 0 Å². The predicted molar refractivity (Wildman–Crippen MR) is 88.6 cm³/mol. The van der Waals surface area contributed by atoms with Crippen LogP contribution in [0.2, 0.25) is 0 Å². The third-order valence-corrected chi connectivity index (χ3v) is 4.57. The Labute approximate surface area is 137 Å². The number of nitrogens with one attached hydrogen (secondary N) is 1. The fraction of sp³-hybridized carbons (Fsp3) is 0.176. The second-order valence-electron chi connectivity index (χ2n) is 5.14. The highest BCUT2D eigenvalue weighted by molar-refractivity contribution is 7.16. The molecule has 0 fully saturated rings. The van der Waals surface area contributed by atoms with Crippen molar-refractivity contribution in [2.24, 2.45) is 0 Å². The molecular weight excluding hydrogens is 313 g/mol. The molecule has 1 N–H and O–H groups in total. The molecule has 1 aromatic carbocycles. The van der Waals surface area contributed by atoms with Gasteiger partial charge in [0.1, 0.15) is 10.7 Å². The van der Waals surface area contributed by atoms with Crippen molar-refractivity contribution in [2.45, 2.75) is 13.3 Å². The number of nitrogens with zero attached hydrogens (tertiary/aromatic N) is 2. The summed E-state index contributed by atoms with van der Waals surface area (Å²) in [4.78, 5) is 17.3. The number of amides is 1. The number of aromatic nitrogens is 2. The van der Waals surface area contributed by atoms with Crippen LogP contribution < -0.4 is 5.32 Å². The van der Waals surface area contributed by atoms with Gasteiger partial charge in [0.05, 0.1) is 5.69 Å². The molecule has 0 radical (unpaired) electrons. The number of thiazole rings is 1. The molecule has 2 aromatic heterocycles. The van der Waals surface area contributed by atoms with Crippen LogP contribution in [0.25, 0.3) is 5.13 Å². The molecule has 3 rings (SSSR count). The number of hydrogen-bond donors (Lipinski definition) is 1. The summed E-state index contributed by atoms with van der Waals surface area (Å²) in [5.74, 6) is -0.404. The van der Waals surface area contributed by atoms with Gasteiger partial charge in [0.25, 0.3) is 5.91 Å². The first kappa shape index (κ1) is 15.4. The van der Waals surface area contributed by atoms with Crippen LogP contribution >= 0.6 is 11.3 Å². The van der Waals surface area contributed by atoms with E-state index in [0.717, 1.165) is 10.7 Å². The number of halogens is 1. The zero-order valence-corrected chi connectivity index (χ0v) is 13.4. The normalized spacial score (nSPS) is 10.7. The Kier molecular flexibility index (Phi) is 4.52. The summed E-state index contributed by atoms with van der Waals surface area (Å²) in [6.07, 6.45) is 4.37. The zero-order valence-electron chi connectivity index (χ0n) is 12.6. The number of carbonyl (C=O) groups is 1. The SMILES string of the molecule is Cc1nc(-n2cccc2)sc1C(=O)NCCc1cccc(F)c1. The van der Waals surface area contributed by atoms with Crippen LogP contribution in [0.15, 0.2) is 48.8 Å². The van der Waals surface area contributed by atoms with E-state index in [1.165, 1.54) is 23.5 Å². The Morgan fingerprint density at radius 3 is 2.83 bits per heavy atom. The summed E-state index contributed by atoms with van der Waals surface area (Å²) in [5, 5.41) is 3.63. The first-order valence-electron chi connectivity index (χ1n) is 7.27. The van der Waals surface area contributed by atoms with E-state index in [0.29, 0.717) is 23.5 Å². The van der Waals surface area contributed by atoms with Crippen LogP contribution in [0.3, 0.4) is 0 Å². The van der Waals surface area contributed by atoms with Gasteiger partial charge in [0, 0.05) is 18.9 Å². The van der Waals surface area contributed by atoms with Gasteiger partial charge in [-0.1, -0.05) is 23.5 Å². The van der Waals surface area contributed by atoms with Gasteiger partial charge in [-0.3, -0.25) is 4.79 Å². The summed E-state index contributed by atoms with van der Waals surface area (Å²) in [5.41, 5.74) is 1.57. The van der Waals surface area contributed by atoms with E-state index in [2.05, 4.69) is 10.3 Å². The lowest BCUT2D eigenvalue weighted by Gasteiger charge is -2.04. The molecular formula is C17H16FN3OS. The van der Waals surface area contributed by atoms with Crippen LogP contribution in [0.1, 0.15) is 20.9 Å². The van der Waals surface area contributed by atoms with Crippen LogP contribution in [0.5, 0.6) is 0 Å². The lowest BCUT2D eigenvalue weighted by atomic mass is 10.1. The van der Waals surface area contributed by atoms with E-state index in [9.17, 15) is 9.18 Å². The smallest absolute Gasteiger partial charge is 0.263 e. The molecule has 0 spiro atoms. The average Bonchev–Trinajstić information content (AvgIpc) is 3.16. The minimum Gasteiger partial charge on any atom is -0.351 e. The van der Waals surface area contributed by atoms with Crippen molar-refractivity contribution in [3.8, 4) is 5.13 Å². The maximum atomic E-state index is 13.1. The van der Waals surface area contributed by atoms with E-state index >= 15 is 0 Å². The quantitative estimate of drug-likeness (QED) is 0.780. The van der Waals surface area contributed by atoms with Gasteiger partial charge in [-0.2, -0.15) is 0 Å². The Bertz CT molecular complexity index is 811. The first-order valence-corrected chi connectivity index (χ1v) is 8.08. The molecule has 0 aliphatic heterocycles. The van der Waals surface area contributed by atoms with Crippen molar-refractivity contribution in [3.63, 3.8) is 0 Å². The predicted octanol–water partition coefficient (Wildman–Crippen LogP) is 3.35. The van der Waals surface area contributed by atoms with Gasteiger partial charge in [0.15, 0.2) is 5.13 Å². The Morgan fingerprint density at radius 2 is 2.09 bits per heavy atom. The fourth-order valence-corrected chi connectivity index (χ4v) is 3.21. The molecule has 0 saturated heterocycles. The van der Waals surface area contributed by atoms with Crippen molar-refractivity contribution in [1.82, 2.24) is 14.9 Å². The number of rotatable bonds is 5. The summed E-state index contributed by atoms with van der Waals surface area (Å²) in [6, 6.07) is 10.2. The van der Waals surface area contributed by atoms with E-state index in [-0.39, 0.29) is 11.7 Å². The Morgan fingerprint density at radius 1 is 1.30 bits per heavy atom. The maximum absolute atomic E-state index is 13.1.